The number of nitro benzene ring substituents is 2. The van der Waals surface area contributed by atoms with E-state index in [1.54, 1.807) is 6.07 Å². The maximum atomic E-state index is 11.3. The fourth-order valence-electron chi connectivity index (χ4n) is 1.41. The summed E-state index contributed by atoms with van der Waals surface area (Å²) in [6.07, 6.45) is 0. The fraction of sp³-hybridized carbons (Fsp3) is 0.200. The van der Waals surface area contributed by atoms with Crippen LogP contribution in [-0.2, 0) is 9.53 Å². The Morgan fingerprint density at radius 2 is 2.00 bits per heavy atom. The van der Waals surface area contributed by atoms with Gasteiger partial charge in [0.05, 0.1) is 34.7 Å². The minimum Gasteiger partial charge on any atom is -0.468 e. The zero-order valence-electron chi connectivity index (χ0n) is 9.60. The number of ether oxygens (including phenoxy) is 1. The van der Waals surface area contributed by atoms with Gasteiger partial charge in [-0.1, -0.05) is 0 Å². The van der Waals surface area contributed by atoms with E-state index in [1.165, 1.54) is 0 Å². The Balaban J connectivity index is 3.43. The third kappa shape index (κ3) is 2.81. The largest absolute Gasteiger partial charge is 0.468 e. The molecule has 1 rings (SSSR count). The van der Waals surface area contributed by atoms with Crippen molar-refractivity contribution in [3.05, 3.63) is 44.0 Å². The number of carbonyl (C=O) groups excluding carboxylic acids is 1. The van der Waals surface area contributed by atoms with Gasteiger partial charge in [0.1, 0.15) is 0 Å². The van der Waals surface area contributed by atoms with Crippen LogP contribution in [0.4, 0.5) is 11.4 Å². The molecular weight excluding hydrogens is 258 g/mol. The van der Waals surface area contributed by atoms with Crippen molar-refractivity contribution in [1.82, 2.24) is 0 Å². The molecular formula is C10H7N3O6. The molecule has 9 nitrogen and oxygen atoms in total. The number of nitrogens with zero attached hydrogens (tertiary/aromatic N) is 3. The minimum atomic E-state index is -1.51. The van der Waals surface area contributed by atoms with Crippen LogP contribution in [-0.4, -0.2) is 22.9 Å². The van der Waals surface area contributed by atoms with Crippen molar-refractivity contribution in [1.29, 1.82) is 5.26 Å². The van der Waals surface area contributed by atoms with Crippen LogP contribution in [0, 0.1) is 31.6 Å². The standard InChI is InChI=1S/C10H7N3O6/c1-19-10(14)8(5-11)7-3-2-6(12(15)16)4-9(7)13(17)18/h2-4,8H,1H3. The highest BCUT2D eigenvalue weighted by Gasteiger charge is 2.30. The van der Waals surface area contributed by atoms with E-state index in [0.29, 0.717) is 6.07 Å². The highest BCUT2D eigenvalue weighted by atomic mass is 16.6. The predicted molar refractivity (Wildman–Crippen MR) is 60.1 cm³/mol. The van der Waals surface area contributed by atoms with Crippen LogP contribution in [0.15, 0.2) is 18.2 Å². The van der Waals surface area contributed by atoms with Gasteiger partial charge in [-0.3, -0.25) is 25.0 Å². The average molecular weight is 265 g/mol. The normalized spacial score (nSPS) is 11.2. The van der Waals surface area contributed by atoms with Crippen LogP contribution < -0.4 is 0 Å². The lowest BCUT2D eigenvalue weighted by Gasteiger charge is -2.07. The third-order valence-corrected chi connectivity index (χ3v) is 2.30. The summed E-state index contributed by atoms with van der Waals surface area (Å²) in [7, 11) is 1.03. The van der Waals surface area contributed by atoms with Gasteiger partial charge >= 0.3 is 5.97 Å². The number of hydrogen-bond donors (Lipinski definition) is 0. The molecule has 19 heavy (non-hydrogen) atoms. The molecule has 1 atom stereocenters. The van der Waals surface area contributed by atoms with Gasteiger partial charge in [0.15, 0.2) is 5.92 Å². The van der Waals surface area contributed by atoms with E-state index < -0.39 is 33.1 Å². The molecule has 0 fully saturated rings. The number of non-ortho nitro benzene ring substituents is 1. The molecule has 0 spiro atoms. The van der Waals surface area contributed by atoms with Crippen molar-refractivity contribution in [2.24, 2.45) is 0 Å². The first-order chi connectivity index (χ1) is 8.92. The number of nitro groups is 2. The molecule has 9 heteroatoms. The van der Waals surface area contributed by atoms with E-state index in [0.717, 1.165) is 19.2 Å². The van der Waals surface area contributed by atoms with E-state index in [1.807, 2.05) is 0 Å². The average Bonchev–Trinajstić information content (AvgIpc) is 2.39. The molecule has 1 aromatic rings. The van der Waals surface area contributed by atoms with E-state index >= 15 is 0 Å². The lowest BCUT2D eigenvalue weighted by molar-refractivity contribution is -0.394. The summed E-state index contributed by atoms with van der Waals surface area (Å²) in [5.41, 5.74) is -1.42. The molecule has 0 aromatic heterocycles. The summed E-state index contributed by atoms with van der Waals surface area (Å²) >= 11 is 0. The molecule has 0 saturated carbocycles. The molecule has 0 aliphatic heterocycles. The molecule has 0 amide bonds. The van der Waals surface area contributed by atoms with Crippen LogP contribution in [0.5, 0.6) is 0 Å². The van der Waals surface area contributed by atoms with Crippen LogP contribution in [0.25, 0.3) is 0 Å². The van der Waals surface area contributed by atoms with Gasteiger partial charge in [0, 0.05) is 6.07 Å². The number of methoxy groups -OCH3 is 1. The van der Waals surface area contributed by atoms with E-state index in [4.69, 9.17) is 5.26 Å². The van der Waals surface area contributed by atoms with Crippen molar-refractivity contribution < 1.29 is 19.4 Å². The molecule has 0 aliphatic rings. The molecule has 0 bridgehead atoms. The van der Waals surface area contributed by atoms with Gasteiger partial charge in [-0.05, 0) is 6.07 Å². The van der Waals surface area contributed by atoms with Crippen LogP contribution in [0.2, 0.25) is 0 Å². The second kappa shape index (κ2) is 5.54. The van der Waals surface area contributed by atoms with Gasteiger partial charge in [-0.2, -0.15) is 5.26 Å². The molecule has 0 saturated heterocycles. The maximum Gasteiger partial charge on any atom is 0.327 e. The molecule has 1 unspecified atom stereocenters. The molecule has 1 aromatic carbocycles. The van der Waals surface area contributed by atoms with Crippen LogP contribution >= 0.6 is 0 Å². The van der Waals surface area contributed by atoms with Crippen LogP contribution in [0.3, 0.4) is 0 Å². The number of carbonyl (C=O) groups is 1. The second-order valence-corrected chi connectivity index (χ2v) is 3.34. The quantitative estimate of drug-likeness (QED) is 0.454. The number of hydrogen-bond acceptors (Lipinski definition) is 7. The minimum absolute atomic E-state index is 0.245. The van der Waals surface area contributed by atoms with Crippen LogP contribution in [0.1, 0.15) is 11.5 Å². The maximum absolute atomic E-state index is 11.3. The van der Waals surface area contributed by atoms with Crippen molar-refractivity contribution in [3.63, 3.8) is 0 Å². The summed E-state index contributed by atoms with van der Waals surface area (Å²) in [6, 6.07) is 4.24. The van der Waals surface area contributed by atoms with Crippen molar-refractivity contribution >= 4 is 17.3 Å². The highest BCUT2D eigenvalue weighted by molar-refractivity contribution is 5.83. The summed E-state index contributed by atoms with van der Waals surface area (Å²) in [4.78, 5) is 31.0. The van der Waals surface area contributed by atoms with E-state index in [2.05, 4.69) is 4.74 Å². The first kappa shape index (κ1) is 14.0. The summed E-state index contributed by atoms with van der Waals surface area (Å²) in [5.74, 6) is -2.48. The van der Waals surface area contributed by atoms with Crippen molar-refractivity contribution in [2.45, 2.75) is 5.92 Å². The zero-order valence-corrected chi connectivity index (χ0v) is 9.60. The first-order valence-corrected chi connectivity index (χ1v) is 4.82. The Kier molecular flexibility index (Phi) is 4.10. The van der Waals surface area contributed by atoms with Crippen molar-refractivity contribution in [3.8, 4) is 6.07 Å². The van der Waals surface area contributed by atoms with Gasteiger partial charge < -0.3 is 4.74 Å². The Hall–Kier alpha value is -3.02. The smallest absolute Gasteiger partial charge is 0.327 e. The molecule has 0 heterocycles. The molecule has 0 N–H and O–H groups in total. The topological polar surface area (TPSA) is 136 Å². The van der Waals surface area contributed by atoms with Crippen molar-refractivity contribution in [2.75, 3.05) is 7.11 Å². The Morgan fingerprint density at radius 1 is 1.37 bits per heavy atom. The van der Waals surface area contributed by atoms with E-state index in [9.17, 15) is 25.0 Å². The van der Waals surface area contributed by atoms with Gasteiger partial charge in [0.25, 0.3) is 11.4 Å². The number of benzene rings is 1. The Bertz CT molecular complexity index is 591. The number of rotatable bonds is 4. The Morgan fingerprint density at radius 3 is 2.42 bits per heavy atom. The van der Waals surface area contributed by atoms with Gasteiger partial charge in [-0.25, -0.2) is 0 Å². The van der Waals surface area contributed by atoms with E-state index in [-0.39, 0.29) is 5.56 Å². The lowest BCUT2D eigenvalue weighted by Crippen LogP contribution is -2.14. The zero-order chi connectivity index (χ0) is 14.6. The lowest BCUT2D eigenvalue weighted by atomic mass is 9.98. The molecule has 98 valence electrons. The number of esters is 1. The third-order valence-electron chi connectivity index (χ3n) is 2.30. The number of nitriles is 1. The Labute approximate surface area is 106 Å². The first-order valence-electron chi connectivity index (χ1n) is 4.82. The van der Waals surface area contributed by atoms with Gasteiger partial charge in [0.2, 0.25) is 0 Å². The SMILES string of the molecule is COC(=O)C(C#N)c1ccc([N+](=O)[O-])cc1[N+](=O)[O-]. The molecule has 0 radical (unpaired) electrons. The summed E-state index contributed by atoms with van der Waals surface area (Å²) in [5, 5.41) is 30.3. The fourth-order valence-corrected chi connectivity index (χ4v) is 1.41. The monoisotopic (exact) mass is 265 g/mol. The summed E-state index contributed by atoms with van der Waals surface area (Å²) in [6.45, 7) is 0. The second-order valence-electron chi connectivity index (χ2n) is 3.34. The summed E-state index contributed by atoms with van der Waals surface area (Å²) < 4.78 is 4.35. The highest BCUT2D eigenvalue weighted by Crippen LogP contribution is 2.30. The predicted octanol–water partition coefficient (Wildman–Crippen LogP) is 1.28. The van der Waals surface area contributed by atoms with Gasteiger partial charge in [-0.15, -0.1) is 0 Å². The molecule has 0 aliphatic carbocycles.